The zero-order valence-electron chi connectivity index (χ0n) is 15.8. The molecule has 0 atom stereocenters. The molecule has 0 fully saturated rings. The minimum atomic E-state index is 0.181. The van der Waals surface area contributed by atoms with Gasteiger partial charge in [-0.05, 0) is 50.1 Å². The number of hydrogen-bond donors (Lipinski definition) is 3. The van der Waals surface area contributed by atoms with E-state index in [9.17, 15) is 0 Å². The molecule has 0 radical (unpaired) electrons. The highest BCUT2D eigenvalue weighted by atomic mass is 32.1. The van der Waals surface area contributed by atoms with E-state index < -0.39 is 0 Å². The summed E-state index contributed by atoms with van der Waals surface area (Å²) in [4.78, 5) is 0. The molecule has 0 aliphatic rings. The molecule has 0 aromatic rings. The summed E-state index contributed by atoms with van der Waals surface area (Å²) in [6.07, 6.45) is 6.13. The van der Waals surface area contributed by atoms with E-state index >= 15 is 0 Å². The van der Waals surface area contributed by atoms with Crippen LogP contribution in [0.1, 0.15) is 80.6 Å². The second-order valence-corrected chi connectivity index (χ2v) is 9.19. The number of rotatable bonds is 10. The van der Waals surface area contributed by atoms with Gasteiger partial charge in [-0.25, -0.2) is 0 Å². The summed E-state index contributed by atoms with van der Waals surface area (Å²) in [5, 5.41) is 3.55. The number of nitrogens with two attached hydrogens (primary N) is 1. The highest BCUT2D eigenvalue weighted by Crippen LogP contribution is 2.21. The van der Waals surface area contributed by atoms with E-state index in [0.29, 0.717) is 5.41 Å². The Kier molecular flexibility index (Phi) is 14.3. The molecule has 0 aromatic heterocycles. The van der Waals surface area contributed by atoms with Crippen LogP contribution >= 0.6 is 12.6 Å². The molecule has 0 unspecified atom stereocenters. The van der Waals surface area contributed by atoms with Crippen LogP contribution in [0.25, 0.3) is 0 Å². The Morgan fingerprint density at radius 1 is 1.10 bits per heavy atom. The van der Waals surface area contributed by atoms with Gasteiger partial charge in [-0.15, -0.1) is 0 Å². The molecule has 0 aliphatic heterocycles. The van der Waals surface area contributed by atoms with Crippen molar-refractivity contribution < 1.29 is 0 Å². The van der Waals surface area contributed by atoms with E-state index in [1.165, 1.54) is 25.7 Å². The topological polar surface area (TPSA) is 38.0 Å². The zero-order chi connectivity index (χ0) is 16.9. The second kappa shape index (κ2) is 12.8. The van der Waals surface area contributed by atoms with Gasteiger partial charge < -0.3 is 11.1 Å². The van der Waals surface area contributed by atoms with Gasteiger partial charge in [0.25, 0.3) is 0 Å². The molecular formula is C18H42N2S. The molecule has 0 rings (SSSR count). The van der Waals surface area contributed by atoms with Crippen LogP contribution < -0.4 is 11.1 Å². The van der Waals surface area contributed by atoms with Crippen LogP contribution in [-0.2, 0) is 0 Å². The third-order valence-electron chi connectivity index (χ3n) is 3.42. The second-order valence-electron chi connectivity index (χ2n) is 7.98. The van der Waals surface area contributed by atoms with Crippen LogP contribution in [0.3, 0.4) is 0 Å². The van der Waals surface area contributed by atoms with E-state index in [1.54, 1.807) is 0 Å². The van der Waals surface area contributed by atoms with Crippen molar-refractivity contribution in [1.29, 1.82) is 0 Å². The predicted octanol–water partition coefficient (Wildman–Crippen LogP) is 4.88. The molecule has 130 valence electrons. The molecular weight excluding hydrogens is 276 g/mol. The van der Waals surface area contributed by atoms with E-state index in [-0.39, 0.29) is 4.75 Å². The van der Waals surface area contributed by atoms with E-state index in [0.717, 1.165) is 32.0 Å². The normalized spacial score (nSPS) is 12.3. The molecule has 0 spiro atoms. The van der Waals surface area contributed by atoms with Crippen molar-refractivity contribution in [3.8, 4) is 0 Å². The third kappa shape index (κ3) is 22.7. The van der Waals surface area contributed by atoms with Gasteiger partial charge >= 0.3 is 0 Å². The zero-order valence-corrected chi connectivity index (χ0v) is 16.7. The summed E-state index contributed by atoms with van der Waals surface area (Å²) in [7, 11) is 0. The highest BCUT2D eigenvalue weighted by Gasteiger charge is 2.16. The minimum Gasteiger partial charge on any atom is -0.330 e. The fourth-order valence-electron chi connectivity index (χ4n) is 2.17. The van der Waals surface area contributed by atoms with Crippen molar-refractivity contribution in [2.45, 2.75) is 85.3 Å². The third-order valence-corrected chi connectivity index (χ3v) is 3.64. The lowest BCUT2D eigenvalue weighted by Crippen LogP contribution is -2.30. The molecule has 0 aromatic carbocycles. The first kappa shape index (κ1) is 23.5. The smallest absolute Gasteiger partial charge is 0.00736 e. The molecule has 0 aliphatic carbocycles. The van der Waals surface area contributed by atoms with E-state index in [4.69, 9.17) is 5.73 Å². The maximum absolute atomic E-state index is 5.23. The Morgan fingerprint density at radius 3 is 2.00 bits per heavy atom. The van der Waals surface area contributed by atoms with Crippen LogP contribution in [0.5, 0.6) is 0 Å². The van der Waals surface area contributed by atoms with Crippen LogP contribution in [0, 0.1) is 11.3 Å². The number of nitrogens with one attached hydrogen (secondary N) is 1. The molecule has 2 nitrogen and oxygen atoms in total. The minimum absolute atomic E-state index is 0.181. The molecule has 0 saturated carbocycles. The fraction of sp³-hybridized carbons (Fsp3) is 1.00. The Balaban J connectivity index is 0. The summed E-state index contributed by atoms with van der Waals surface area (Å²) in [6, 6.07) is 0. The standard InChI is InChI=1S/C13H29NS.C5H13N/c1-6-8-12(2,3)11-14-10-7-9-13(4,5)15;1-5(2)3-4-6/h14-15H,6-11H2,1-5H3;5H,3-4,6H2,1-2H3. The molecule has 21 heavy (non-hydrogen) atoms. The van der Waals surface area contributed by atoms with Gasteiger partial charge in [-0.2, -0.15) is 12.6 Å². The molecule has 0 amide bonds. The largest absolute Gasteiger partial charge is 0.330 e. The molecule has 0 bridgehead atoms. The molecule has 0 heterocycles. The fourth-order valence-corrected chi connectivity index (χ4v) is 2.33. The van der Waals surface area contributed by atoms with Crippen molar-refractivity contribution in [3.05, 3.63) is 0 Å². The van der Waals surface area contributed by atoms with Gasteiger partial charge in [0.2, 0.25) is 0 Å². The maximum atomic E-state index is 5.23. The Labute approximate surface area is 140 Å². The van der Waals surface area contributed by atoms with Gasteiger partial charge in [0, 0.05) is 11.3 Å². The first-order chi connectivity index (χ1) is 9.54. The van der Waals surface area contributed by atoms with Gasteiger partial charge in [0.15, 0.2) is 0 Å². The summed E-state index contributed by atoms with van der Waals surface area (Å²) in [5.74, 6) is 0.773. The number of hydrogen-bond acceptors (Lipinski definition) is 3. The van der Waals surface area contributed by atoms with Crippen molar-refractivity contribution in [2.24, 2.45) is 17.1 Å². The van der Waals surface area contributed by atoms with Crippen LogP contribution in [0.4, 0.5) is 0 Å². The van der Waals surface area contributed by atoms with Crippen molar-refractivity contribution in [2.75, 3.05) is 19.6 Å². The summed E-state index contributed by atoms with van der Waals surface area (Å²) >= 11 is 4.52. The first-order valence-corrected chi connectivity index (χ1v) is 9.12. The van der Waals surface area contributed by atoms with Crippen molar-refractivity contribution in [1.82, 2.24) is 5.32 Å². The van der Waals surface area contributed by atoms with Gasteiger partial charge in [-0.1, -0.05) is 54.9 Å². The van der Waals surface area contributed by atoms with Crippen LogP contribution in [-0.4, -0.2) is 24.4 Å². The lowest BCUT2D eigenvalue weighted by Gasteiger charge is -2.25. The predicted molar refractivity (Wildman–Crippen MR) is 102 cm³/mol. The Bertz CT molecular complexity index is 220. The van der Waals surface area contributed by atoms with Gasteiger partial charge in [0.05, 0.1) is 0 Å². The monoisotopic (exact) mass is 318 g/mol. The SMILES string of the molecule is CC(C)CCN.CCCC(C)(C)CNCCCC(C)(C)S. The van der Waals surface area contributed by atoms with E-state index in [2.05, 4.69) is 66.4 Å². The average Bonchev–Trinajstić information content (AvgIpc) is 2.27. The van der Waals surface area contributed by atoms with Gasteiger partial charge in [-0.3, -0.25) is 0 Å². The molecule has 3 N–H and O–H groups in total. The van der Waals surface area contributed by atoms with Gasteiger partial charge in [0.1, 0.15) is 0 Å². The quantitative estimate of drug-likeness (QED) is 0.396. The van der Waals surface area contributed by atoms with Crippen LogP contribution in [0.15, 0.2) is 0 Å². The maximum Gasteiger partial charge on any atom is 0.00736 e. The molecule has 3 heteroatoms. The van der Waals surface area contributed by atoms with E-state index in [1.807, 2.05) is 0 Å². The van der Waals surface area contributed by atoms with Crippen molar-refractivity contribution >= 4 is 12.6 Å². The van der Waals surface area contributed by atoms with Crippen LogP contribution in [0.2, 0.25) is 0 Å². The highest BCUT2D eigenvalue weighted by molar-refractivity contribution is 7.81. The summed E-state index contributed by atoms with van der Waals surface area (Å²) in [6.45, 7) is 18.7. The molecule has 0 saturated heterocycles. The average molecular weight is 319 g/mol. The Hall–Kier alpha value is 0.270. The summed E-state index contributed by atoms with van der Waals surface area (Å²) < 4.78 is 0.181. The summed E-state index contributed by atoms with van der Waals surface area (Å²) in [5.41, 5.74) is 5.68. The first-order valence-electron chi connectivity index (χ1n) is 8.67. The lowest BCUT2D eigenvalue weighted by molar-refractivity contribution is 0.310. The van der Waals surface area contributed by atoms with Crippen molar-refractivity contribution in [3.63, 3.8) is 0 Å². The lowest BCUT2D eigenvalue weighted by atomic mass is 9.88. The Morgan fingerprint density at radius 2 is 1.67 bits per heavy atom. The number of thiol groups is 1.